The summed E-state index contributed by atoms with van der Waals surface area (Å²) in [6.07, 6.45) is -0.690. The number of hydroxylamine groups is 2. The van der Waals surface area contributed by atoms with Crippen molar-refractivity contribution < 1.29 is 29.1 Å². The summed E-state index contributed by atoms with van der Waals surface area (Å²) in [6.45, 7) is 0.446. The van der Waals surface area contributed by atoms with Gasteiger partial charge in [0.15, 0.2) is 0 Å². The summed E-state index contributed by atoms with van der Waals surface area (Å²) in [6, 6.07) is 0. The molecule has 0 aliphatic heterocycles. The van der Waals surface area contributed by atoms with Gasteiger partial charge in [-0.2, -0.15) is 5.06 Å². The maximum absolute atomic E-state index is 10.8. The summed E-state index contributed by atoms with van der Waals surface area (Å²) in [7, 11) is -4.22. The van der Waals surface area contributed by atoms with Crippen LogP contribution in [-0.2, 0) is 14.2 Å². The predicted molar refractivity (Wildman–Crippen MR) is 44.2 cm³/mol. The van der Waals surface area contributed by atoms with Crippen molar-refractivity contribution in [2.45, 2.75) is 6.92 Å². The number of carbonyl (C=O) groups is 2. The first-order valence-electron chi connectivity index (χ1n) is 3.51. The Bertz CT molecular complexity index is 273. The van der Waals surface area contributed by atoms with E-state index in [0.29, 0.717) is 0 Å². The molecule has 0 bridgehead atoms. The lowest BCUT2D eigenvalue weighted by molar-refractivity contribution is -0.176. The zero-order chi connectivity index (χ0) is 11.4. The van der Waals surface area contributed by atoms with Gasteiger partial charge in [0.05, 0.1) is 12.8 Å². The zero-order valence-electron chi connectivity index (χ0n) is 7.38. The van der Waals surface area contributed by atoms with Crippen LogP contribution in [0.2, 0.25) is 0 Å². The number of nitrogens with zero attached hydrogens (tertiary/aromatic N) is 1. The number of hydrogen-bond donors (Lipinski definition) is 4. The number of hydrogen-bond acceptors (Lipinski definition) is 5. The van der Waals surface area contributed by atoms with Gasteiger partial charge in [-0.25, -0.2) is 0 Å². The second-order valence-electron chi connectivity index (χ2n) is 2.47. The molecule has 2 amide bonds. The minimum absolute atomic E-state index is 0.132. The van der Waals surface area contributed by atoms with Gasteiger partial charge in [-0.05, 0) is 0 Å². The molecule has 0 rings (SSSR count). The summed E-state index contributed by atoms with van der Waals surface area (Å²) in [5.74, 6) is -1.85. The van der Waals surface area contributed by atoms with Crippen molar-refractivity contribution in [3.8, 4) is 0 Å². The van der Waals surface area contributed by atoms with Gasteiger partial charge in [-0.15, -0.1) is 0 Å². The van der Waals surface area contributed by atoms with Crippen molar-refractivity contribution in [1.82, 2.24) is 10.4 Å². The monoisotopic (exact) mass is 226 g/mol. The lowest BCUT2D eigenvalue weighted by atomic mass is 10.5. The smallest absolute Gasteiger partial charge is 0.324 e. The Morgan fingerprint density at radius 1 is 1.43 bits per heavy atom. The molecule has 0 aromatic carbocycles. The van der Waals surface area contributed by atoms with Crippen LogP contribution in [0, 0.1) is 0 Å². The van der Waals surface area contributed by atoms with Gasteiger partial charge in [0.2, 0.25) is 5.91 Å². The molecule has 0 fully saturated rings. The van der Waals surface area contributed by atoms with E-state index in [1.54, 1.807) is 0 Å². The third kappa shape index (κ3) is 5.79. The van der Waals surface area contributed by atoms with E-state index in [9.17, 15) is 14.2 Å². The van der Waals surface area contributed by atoms with E-state index in [-0.39, 0.29) is 5.06 Å². The molecule has 0 saturated heterocycles. The predicted octanol–water partition coefficient (Wildman–Crippen LogP) is -1.52. The first-order valence-corrected chi connectivity index (χ1v) is 5.31. The number of carbonyl (C=O) groups excluding carboxylic acids is 2. The van der Waals surface area contributed by atoms with E-state index in [1.165, 1.54) is 0 Å². The Balaban J connectivity index is 3.87. The minimum atomic E-state index is -4.22. The second kappa shape index (κ2) is 5.18. The van der Waals surface area contributed by atoms with Crippen LogP contribution < -0.4 is 5.32 Å². The Morgan fingerprint density at radius 3 is 2.29 bits per heavy atom. The molecule has 0 aliphatic carbocycles. The standard InChI is InChI=1S/C5H11N2O6P/c1-4(8)7(10)5(9)2-6-3-14(11,12)13/h6,10H,2-3H2,1H3,(H2,11,12,13). The van der Waals surface area contributed by atoms with E-state index < -0.39 is 32.2 Å². The largest absolute Gasteiger partial charge is 0.339 e. The highest BCUT2D eigenvalue weighted by atomic mass is 31.2. The topological polar surface area (TPSA) is 127 Å². The lowest BCUT2D eigenvalue weighted by Gasteiger charge is -2.11. The highest BCUT2D eigenvalue weighted by Crippen LogP contribution is 2.31. The third-order valence-electron chi connectivity index (χ3n) is 1.13. The molecule has 0 spiro atoms. The van der Waals surface area contributed by atoms with Crippen LogP contribution >= 0.6 is 7.60 Å². The molecule has 14 heavy (non-hydrogen) atoms. The Labute approximate surface area is 79.6 Å². The summed E-state index contributed by atoms with van der Waals surface area (Å²) in [5, 5.41) is 10.7. The molecule has 0 atom stereocenters. The number of amides is 2. The Kier molecular flexibility index (Phi) is 4.89. The average Bonchev–Trinajstić information content (AvgIpc) is 2.00. The normalized spacial score (nSPS) is 11.1. The van der Waals surface area contributed by atoms with E-state index in [4.69, 9.17) is 15.0 Å². The molecular formula is C5H11N2O6P. The molecule has 0 aromatic rings. The molecule has 4 N–H and O–H groups in total. The van der Waals surface area contributed by atoms with Crippen LogP contribution in [-0.4, -0.2) is 44.7 Å². The molecule has 0 radical (unpaired) electrons. The van der Waals surface area contributed by atoms with Crippen molar-refractivity contribution >= 4 is 19.4 Å². The number of rotatable bonds is 4. The second-order valence-corrected chi connectivity index (χ2v) is 4.12. The molecular weight excluding hydrogens is 215 g/mol. The number of imide groups is 1. The van der Waals surface area contributed by atoms with Gasteiger partial charge >= 0.3 is 7.60 Å². The van der Waals surface area contributed by atoms with Gasteiger partial charge < -0.3 is 9.79 Å². The van der Waals surface area contributed by atoms with E-state index in [2.05, 4.69) is 5.32 Å². The third-order valence-corrected chi connectivity index (χ3v) is 1.76. The minimum Gasteiger partial charge on any atom is -0.324 e. The van der Waals surface area contributed by atoms with Crippen LogP contribution in [0.1, 0.15) is 6.92 Å². The average molecular weight is 226 g/mol. The van der Waals surface area contributed by atoms with E-state index >= 15 is 0 Å². The van der Waals surface area contributed by atoms with Gasteiger partial charge in [0.1, 0.15) is 0 Å². The fourth-order valence-corrected chi connectivity index (χ4v) is 0.962. The summed E-state index contributed by atoms with van der Waals surface area (Å²) in [5.41, 5.74) is 0. The van der Waals surface area contributed by atoms with E-state index in [0.717, 1.165) is 6.92 Å². The number of nitrogens with one attached hydrogen (secondary N) is 1. The first kappa shape index (κ1) is 13.2. The van der Waals surface area contributed by atoms with Gasteiger partial charge in [-0.1, -0.05) is 0 Å². The SMILES string of the molecule is CC(=O)N(O)C(=O)CNCP(=O)(O)O. The highest BCUT2D eigenvalue weighted by molar-refractivity contribution is 7.51. The molecule has 0 aromatic heterocycles. The molecule has 0 saturated carbocycles. The van der Waals surface area contributed by atoms with Crippen molar-refractivity contribution in [3.63, 3.8) is 0 Å². The molecule has 8 nitrogen and oxygen atoms in total. The van der Waals surface area contributed by atoms with Gasteiger partial charge in [-0.3, -0.25) is 24.7 Å². The van der Waals surface area contributed by atoms with Gasteiger partial charge in [0, 0.05) is 6.92 Å². The Hall–Kier alpha value is -0.790. The van der Waals surface area contributed by atoms with Crippen molar-refractivity contribution in [3.05, 3.63) is 0 Å². The van der Waals surface area contributed by atoms with Gasteiger partial charge in [0.25, 0.3) is 5.91 Å². The fraction of sp³-hybridized carbons (Fsp3) is 0.600. The molecule has 0 aliphatic rings. The molecule has 82 valence electrons. The first-order chi connectivity index (χ1) is 6.24. The van der Waals surface area contributed by atoms with Crippen LogP contribution in [0.15, 0.2) is 0 Å². The van der Waals surface area contributed by atoms with Crippen LogP contribution in [0.5, 0.6) is 0 Å². The highest BCUT2D eigenvalue weighted by Gasteiger charge is 2.17. The van der Waals surface area contributed by atoms with Crippen LogP contribution in [0.3, 0.4) is 0 Å². The summed E-state index contributed by atoms with van der Waals surface area (Å²) >= 11 is 0. The molecule has 9 heteroatoms. The van der Waals surface area contributed by atoms with Crippen molar-refractivity contribution in [2.24, 2.45) is 0 Å². The summed E-state index contributed by atoms with van der Waals surface area (Å²) in [4.78, 5) is 38.0. The van der Waals surface area contributed by atoms with Crippen LogP contribution in [0.25, 0.3) is 0 Å². The lowest BCUT2D eigenvalue weighted by Crippen LogP contribution is -2.38. The van der Waals surface area contributed by atoms with Crippen molar-refractivity contribution in [1.29, 1.82) is 0 Å². The maximum Gasteiger partial charge on any atom is 0.339 e. The fourth-order valence-electron chi connectivity index (χ4n) is 0.559. The Morgan fingerprint density at radius 2 is 1.93 bits per heavy atom. The quantitative estimate of drug-likeness (QED) is 0.260. The van der Waals surface area contributed by atoms with Crippen molar-refractivity contribution in [2.75, 3.05) is 12.8 Å². The molecule has 0 heterocycles. The molecule has 0 unspecified atom stereocenters. The van der Waals surface area contributed by atoms with E-state index in [1.807, 2.05) is 0 Å². The summed E-state index contributed by atoms with van der Waals surface area (Å²) < 4.78 is 10.3. The zero-order valence-corrected chi connectivity index (χ0v) is 8.27. The van der Waals surface area contributed by atoms with Crippen LogP contribution in [0.4, 0.5) is 0 Å². The maximum atomic E-state index is 10.8.